The van der Waals surface area contributed by atoms with E-state index in [4.69, 9.17) is 5.11 Å². The van der Waals surface area contributed by atoms with Crippen LogP contribution in [0.1, 0.15) is 10.4 Å². The summed E-state index contributed by atoms with van der Waals surface area (Å²) in [5.74, 6) is -0.944. The average molecular weight is 163 g/mol. The summed E-state index contributed by atoms with van der Waals surface area (Å²) in [5, 5.41) is 11.5. The molecule has 0 saturated carbocycles. The van der Waals surface area contributed by atoms with Gasteiger partial charge in [0.2, 0.25) is 0 Å². The van der Waals surface area contributed by atoms with Crippen molar-refractivity contribution in [2.24, 2.45) is 0 Å². The summed E-state index contributed by atoms with van der Waals surface area (Å²) >= 11 is 0. The van der Waals surface area contributed by atoms with Crippen molar-refractivity contribution in [2.45, 2.75) is 0 Å². The summed E-state index contributed by atoms with van der Waals surface area (Å²) in [5.41, 5.74) is 0.803. The Kier molecular flexibility index (Phi) is 2.48. The topological polar surface area (TPSA) is 49.3 Å². The molecule has 0 bridgehead atoms. The third-order valence-corrected chi connectivity index (χ3v) is 1.42. The summed E-state index contributed by atoms with van der Waals surface area (Å²) in [6.45, 7) is 3.45. The quantitative estimate of drug-likeness (QED) is 0.715. The molecule has 0 aromatic heterocycles. The van der Waals surface area contributed by atoms with Gasteiger partial charge >= 0.3 is 5.97 Å². The molecule has 0 spiro atoms. The predicted octanol–water partition coefficient (Wildman–Crippen LogP) is 1.94. The number of carboxylic acid groups (broad SMARTS) is 1. The van der Waals surface area contributed by atoms with Crippen LogP contribution < -0.4 is 5.32 Å². The maximum atomic E-state index is 10.6. The fourth-order valence-corrected chi connectivity index (χ4v) is 0.905. The van der Waals surface area contributed by atoms with Crippen molar-refractivity contribution in [3.8, 4) is 0 Å². The lowest BCUT2D eigenvalue weighted by Gasteiger charge is -2.03. The number of hydrogen-bond donors (Lipinski definition) is 2. The molecule has 1 aromatic carbocycles. The van der Waals surface area contributed by atoms with Crippen LogP contribution in [0.3, 0.4) is 0 Å². The average Bonchev–Trinajstić information content (AvgIpc) is 2.05. The van der Waals surface area contributed by atoms with Gasteiger partial charge in [0.1, 0.15) is 0 Å². The molecule has 62 valence electrons. The van der Waals surface area contributed by atoms with Crippen LogP contribution in [0.2, 0.25) is 0 Å². The van der Waals surface area contributed by atoms with Crippen LogP contribution in [-0.2, 0) is 0 Å². The van der Waals surface area contributed by atoms with Crippen LogP contribution in [0.15, 0.2) is 37.0 Å². The van der Waals surface area contributed by atoms with Crippen LogP contribution in [0.25, 0.3) is 0 Å². The molecule has 1 aromatic rings. The first-order chi connectivity index (χ1) is 5.75. The zero-order valence-electron chi connectivity index (χ0n) is 6.45. The molecule has 12 heavy (non-hydrogen) atoms. The third-order valence-electron chi connectivity index (χ3n) is 1.42. The summed E-state index contributed by atoms with van der Waals surface area (Å²) in [7, 11) is 0. The van der Waals surface area contributed by atoms with Gasteiger partial charge in [0.05, 0.1) is 11.3 Å². The van der Waals surface area contributed by atoms with Crippen molar-refractivity contribution in [2.75, 3.05) is 5.32 Å². The lowest BCUT2D eigenvalue weighted by molar-refractivity contribution is 0.0698. The normalized spacial score (nSPS) is 9.00. The fraction of sp³-hybridized carbons (Fsp3) is 0. The molecule has 3 nitrogen and oxygen atoms in total. The zero-order chi connectivity index (χ0) is 8.97. The molecule has 1 rings (SSSR count). The van der Waals surface area contributed by atoms with Gasteiger partial charge in [0.15, 0.2) is 0 Å². The first-order valence-corrected chi connectivity index (χ1v) is 3.45. The number of carboxylic acids is 1. The third kappa shape index (κ3) is 1.63. The Morgan fingerprint density at radius 1 is 1.50 bits per heavy atom. The van der Waals surface area contributed by atoms with E-state index in [-0.39, 0.29) is 5.56 Å². The predicted molar refractivity (Wildman–Crippen MR) is 47.2 cm³/mol. The molecule has 0 aliphatic heterocycles. The van der Waals surface area contributed by atoms with E-state index in [1.54, 1.807) is 18.2 Å². The maximum Gasteiger partial charge on any atom is 0.337 e. The number of rotatable bonds is 3. The minimum Gasteiger partial charge on any atom is -0.478 e. The van der Waals surface area contributed by atoms with Crippen LogP contribution in [0.4, 0.5) is 5.69 Å². The molecule has 0 heterocycles. The Morgan fingerprint density at radius 2 is 2.17 bits per heavy atom. The molecule has 0 unspecified atom stereocenters. The van der Waals surface area contributed by atoms with Gasteiger partial charge in [0, 0.05) is 0 Å². The van der Waals surface area contributed by atoms with Gasteiger partial charge in [-0.25, -0.2) is 4.79 Å². The van der Waals surface area contributed by atoms with E-state index in [2.05, 4.69) is 11.9 Å². The SMILES string of the molecule is C=CNc1ccccc1C(=O)O. The van der Waals surface area contributed by atoms with Crippen LogP contribution in [-0.4, -0.2) is 11.1 Å². The zero-order valence-corrected chi connectivity index (χ0v) is 6.45. The highest BCUT2D eigenvalue weighted by atomic mass is 16.4. The highest BCUT2D eigenvalue weighted by Crippen LogP contribution is 2.14. The van der Waals surface area contributed by atoms with Gasteiger partial charge in [0.25, 0.3) is 0 Å². The first-order valence-electron chi connectivity index (χ1n) is 3.45. The van der Waals surface area contributed by atoms with Gasteiger partial charge < -0.3 is 10.4 Å². The molecule has 3 heteroatoms. The smallest absolute Gasteiger partial charge is 0.337 e. The molecule has 0 radical (unpaired) electrons. The number of aromatic carboxylic acids is 1. The second-order valence-electron chi connectivity index (χ2n) is 2.20. The summed E-state index contributed by atoms with van der Waals surface area (Å²) < 4.78 is 0. The van der Waals surface area contributed by atoms with Gasteiger partial charge in [-0.1, -0.05) is 18.7 Å². The summed E-state index contributed by atoms with van der Waals surface area (Å²) in [4.78, 5) is 10.6. The van der Waals surface area contributed by atoms with Crippen molar-refractivity contribution >= 4 is 11.7 Å². The monoisotopic (exact) mass is 163 g/mol. The number of carbonyl (C=O) groups is 1. The van der Waals surface area contributed by atoms with Gasteiger partial charge in [-0.3, -0.25) is 0 Å². The summed E-state index contributed by atoms with van der Waals surface area (Å²) in [6.07, 6.45) is 1.45. The lowest BCUT2D eigenvalue weighted by Crippen LogP contribution is -2.00. The van der Waals surface area contributed by atoms with Crippen LogP contribution in [0.5, 0.6) is 0 Å². The Balaban J connectivity index is 3.07. The second-order valence-corrected chi connectivity index (χ2v) is 2.20. The van der Waals surface area contributed by atoms with E-state index in [1.165, 1.54) is 12.3 Å². The molecule has 0 amide bonds. The highest BCUT2D eigenvalue weighted by Gasteiger charge is 2.06. The number of hydrogen-bond acceptors (Lipinski definition) is 2. The summed E-state index contributed by atoms with van der Waals surface area (Å²) in [6, 6.07) is 6.66. The molecule has 0 atom stereocenters. The second kappa shape index (κ2) is 3.57. The molecule has 2 N–H and O–H groups in total. The van der Waals surface area contributed by atoms with E-state index in [9.17, 15) is 4.79 Å². The van der Waals surface area contributed by atoms with E-state index in [0.717, 1.165) is 0 Å². The number of para-hydroxylation sites is 1. The maximum absolute atomic E-state index is 10.6. The van der Waals surface area contributed by atoms with E-state index in [1.807, 2.05) is 0 Å². The van der Waals surface area contributed by atoms with E-state index >= 15 is 0 Å². The lowest BCUT2D eigenvalue weighted by atomic mass is 10.2. The molecule has 0 fully saturated rings. The fourth-order valence-electron chi connectivity index (χ4n) is 0.905. The van der Waals surface area contributed by atoms with Crippen molar-refractivity contribution in [3.63, 3.8) is 0 Å². The highest BCUT2D eigenvalue weighted by molar-refractivity contribution is 5.94. The minimum atomic E-state index is -0.944. The van der Waals surface area contributed by atoms with Crippen molar-refractivity contribution in [3.05, 3.63) is 42.6 Å². The minimum absolute atomic E-state index is 0.248. The number of anilines is 1. The molecule has 0 aliphatic rings. The number of nitrogens with one attached hydrogen (secondary N) is 1. The Morgan fingerprint density at radius 3 is 2.75 bits per heavy atom. The van der Waals surface area contributed by atoms with Gasteiger partial charge in [-0.15, -0.1) is 0 Å². The molecule has 0 saturated heterocycles. The Hall–Kier alpha value is -1.77. The van der Waals surface area contributed by atoms with E-state index < -0.39 is 5.97 Å². The molecule has 0 aliphatic carbocycles. The first kappa shape index (κ1) is 8.33. The Labute approximate surface area is 70.3 Å². The van der Waals surface area contributed by atoms with Gasteiger partial charge in [-0.05, 0) is 18.3 Å². The number of benzene rings is 1. The Bertz CT molecular complexity index is 307. The molecular formula is C9H9NO2. The van der Waals surface area contributed by atoms with Gasteiger partial charge in [-0.2, -0.15) is 0 Å². The van der Waals surface area contributed by atoms with E-state index in [0.29, 0.717) is 5.69 Å². The van der Waals surface area contributed by atoms with Crippen molar-refractivity contribution < 1.29 is 9.90 Å². The van der Waals surface area contributed by atoms with Crippen molar-refractivity contribution in [1.82, 2.24) is 0 Å². The molecular weight excluding hydrogens is 154 g/mol. The van der Waals surface area contributed by atoms with Crippen LogP contribution >= 0.6 is 0 Å². The van der Waals surface area contributed by atoms with Crippen molar-refractivity contribution in [1.29, 1.82) is 0 Å². The standard InChI is InChI=1S/C9H9NO2/c1-2-10-8-6-4-3-5-7(8)9(11)12/h2-6,10H,1H2,(H,11,12). The largest absolute Gasteiger partial charge is 0.478 e. The van der Waals surface area contributed by atoms with Crippen LogP contribution in [0, 0.1) is 0 Å².